The van der Waals surface area contributed by atoms with Crippen molar-refractivity contribution in [1.82, 2.24) is 9.66 Å². The molecule has 0 atom stereocenters. The first-order chi connectivity index (χ1) is 13.9. The molecule has 150 valence electrons. The Balaban J connectivity index is 1.99. The second-order valence-electron chi connectivity index (χ2n) is 6.07. The van der Waals surface area contributed by atoms with Gasteiger partial charge < -0.3 is 15.2 Å². The number of methoxy groups -OCH3 is 1. The molecule has 3 rings (SSSR count). The number of nitrogens with two attached hydrogens (primary N) is 1. The fraction of sp³-hybridized carbons (Fsp3) is 0.200. The molecule has 0 radical (unpaired) electrons. The van der Waals surface area contributed by atoms with Gasteiger partial charge in [-0.15, -0.1) is 0 Å². The summed E-state index contributed by atoms with van der Waals surface area (Å²) in [6, 6.07) is 10.4. The second-order valence-corrected chi connectivity index (χ2v) is 6.99. The van der Waals surface area contributed by atoms with Crippen LogP contribution in [0.4, 0.5) is 0 Å². The quantitative estimate of drug-likeness (QED) is 0.546. The molecule has 29 heavy (non-hydrogen) atoms. The van der Waals surface area contributed by atoms with E-state index in [-0.39, 0.29) is 12.2 Å². The lowest BCUT2D eigenvalue weighted by Crippen LogP contribution is -2.22. The van der Waals surface area contributed by atoms with E-state index in [1.807, 2.05) is 13.0 Å². The molecule has 1 aromatic heterocycles. The van der Waals surface area contributed by atoms with Gasteiger partial charge in [-0.1, -0.05) is 22.9 Å². The van der Waals surface area contributed by atoms with Gasteiger partial charge in [-0.2, -0.15) is 9.78 Å². The lowest BCUT2D eigenvalue weighted by molar-refractivity contribution is -0.119. The molecular formula is C20H19BrN4O4. The molecule has 0 bridgehead atoms. The zero-order valence-corrected chi connectivity index (χ0v) is 17.5. The predicted molar refractivity (Wildman–Crippen MR) is 114 cm³/mol. The maximum absolute atomic E-state index is 12.9. The van der Waals surface area contributed by atoms with Gasteiger partial charge in [0.25, 0.3) is 11.5 Å². The third kappa shape index (κ3) is 4.62. The minimum Gasteiger partial charge on any atom is -0.493 e. The number of carbonyl (C=O) groups excluding carboxylic acids is 1. The molecule has 1 heterocycles. The van der Waals surface area contributed by atoms with Crippen LogP contribution in [0.3, 0.4) is 0 Å². The Kier molecular flexibility index (Phi) is 6.28. The number of aromatic nitrogens is 2. The van der Waals surface area contributed by atoms with E-state index in [1.165, 1.54) is 18.0 Å². The molecule has 0 aliphatic carbocycles. The van der Waals surface area contributed by atoms with Crippen LogP contribution < -0.4 is 20.8 Å². The minimum atomic E-state index is -0.584. The van der Waals surface area contributed by atoms with Gasteiger partial charge in [-0.3, -0.25) is 9.59 Å². The molecule has 0 aliphatic rings. The van der Waals surface area contributed by atoms with Crippen molar-refractivity contribution in [2.45, 2.75) is 13.3 Å². The first-order valence-corrected chi connectivity index (χ1v) is 9.57. The highest BCUT2D eigenvalue weighted by Crippen LogP contribution is 2.27. The van der Waals surface area contributed by atoms with Crippen molar-refractivity contribution < 1.29 is 14.3 Å². The Bertz CT molecular complexity index is 1160. The number of benzene rings is 2. The molecule has 0 aliphatic heterocycles. The maximum atomic E-state index is 12.9. The van der Waals surface area contributed by atoms with Crippen molar-refractivity contribution in [2.75, 3.05) is 13.7 Å². The summed E-state index contributed by atoms with van der Waals surface area (Å²) >= 11 is 3.38. The SMILES string of the molecule is CCc1nc2ccc(Br)cc2c(=O)n1N=Cc1ccc(OCC(N)=O)c(OC)c1. The van der Waals surface area contributed by atoms with Crippen LogP contribution in [0.5, 0.6) is 11.5 Å². The van der Waals surface area contributed by atoms with Crippen LogP contribution in [-0.2, 0) is 11.2 Å². The summed E-state index contributed by atoms with van der Waals surface area (Å²) in [6.07, 6.45) is 2.08. The van der Waals surface area contributed by atoms with E-state index in [1.54, 1.807) is 30.3 Å². The number of carbonyl (C=O) groups is 1. The van der Waals surface area contributed by atoms with E-state index >= 15 is 0 Å². The first-order valence-electron chi connectivity index (χ1n) is 8.77. The number of amides is 1. The smallest absolute Gasteiger partial charge is 0.282 e. The Morgan fingerprint density at radius 2 is 2.07 bits per heavy atom. The number of primary amides is 1. The fourth-order valence-electron chi connectivity index (χ4n) is 2.70. The van der Waals surface area contributed by atoms with Crippen LogP contribution in [0.15, 0.2) is 50.8 Å². The summed E-state index contributed by atoms with van der Waals surface area (Å²) in [5.41, 5.74) is 6.15. The standard InChI is InChI=1S/C20H19BrN4O4/c1-3-19-24-15-6-5-13(21)9-14(15)20(27)25(19)23-10-12-4-7-16(17(8-12)28-2)29-11-18(22)26/h4-10H,3,11H2,1-2H3,(H2,22,26). The Hall–Kier alpha value is -3.20. The van der Waals surface area contributed by atoms with Gasteiger partial charge in [-0.25, -0.2) is 4.98 Å². The van der Waals surface area contributed by atoms with Crippen molar-refractivity contribution in [3.63, 3.8) is 0 Å². The number of rotatable bonds is 7. The summed E-state index contributed by atoms with van der Waals surface area (Å²) in [4.78, 5) is 28.3. The van der Waals surface area contributed by atoms with Crippen molar-refractivity contribution >= 4 is 39.0 Å². The highest BCUT2D eigenvalue weighted by atomic mass is 79.9. The van der Waals surface area contributed by atoms with Crippen LogP contribution in [0.2, 0.25) is 0 Å². The van der Waals surface area contributed by atoms with Gasteiger partial charge in [0.2, 0.25) is 0 Å². The number of ether oxygens (including phenoxy) is 2. The van der Waals surface area contributed by atoms with Gasteiger partial charge >= 0.3 is 0 Å². The molecule has 1 amide bonds. The molecule has 8 nitrogen and oxygen atoms in total. The summed E-state index contributed by atoms with van der Waals surface area (Å²) in [6.45, 7) is 1.66. The molecule has 2 N–H and O–H groups in total. The lowest BCUT2D eigenvalue weighted by atomic mass is 10.2. The van der Waals surface area contributed by atoms with Crippen molar-refractivity contribution in [2.24, 2.45) is 10.8 Å². The fourth-order valence-corrected chi connectivity index (χ4v) is 3.06. The summed E-state index contributed by atoms with van der Waals surface area (Å²) in [5, 5.41) is 4.81. The number of fused-ring (bicyclic) bond motifs is 1. The predicted octanol–water partition coefficient (Wildman–Crippen LogP) is 2.48. The summed E-state index contributed by atoms with van der Waals surface area (Å²) in [5.74, 6) is 0.764. The number of aryl methyl sites for hydroxylation is 1. The van der Waals surface area contributed by atoms with Crippen LogP contribution in [0.25, 0.3) is 10.9 Å². The maximum Gasteiger partial charge on any atom is 0.282 e. The van der Waals surface area contributed by atoms with E-state index < -0.39 is 5.91 Å². The zero-order valence-electron chi connectivity index (χ0n) is 15.9. The average Bonchev–Trinajstić information content (AvgIpc) is 2.71. The number of hydrogen-bond acceptors (Lipinski definition) is 6. The van der Waals surface area contributed by atoms with E-state index in [0.29, 0.717) is 40.2 Å². The van der Waals surface area contributed by atoms with E-state index in [2.05, 4.69) is 26.0 Å². The lowest BCUT2D eigenvalue weighted by Gasteiger charge is -2.10. The number of nitrogens with zero attached hydrogens (tertiary/aromatic N) is 3. The van der Waals surface area contributed by atoms with Gasteiger partial charge in [-0.05, 0) is 42.0 Å². The molecule has 0 saturated heterocycles. The molecule has 9 heteroatoms. The second kappa shape index (κ2) is 8.87. The topological polar surface area (TPSA) is 109 Å². The first kappa shape index (κ1) is 20.5. The third-order valence-electron chi connectivity index (χ3n) is 4.07. The zero-order chi connectivity index (χ0) is 21.0. The van der Waals surface area contributed by atoms with Gasteiger partial charge in [0.15, 0.2) is 18.1 Å². The Morgan fingerprint density at radius 3 is 2.76 bits per heavy atom. The molecule has 2 aromatic carbocycles. The van der Waals surface area contributed by atoms with Gasteiger partial charge in [0.05, 0.1) is 24.2 Å². The normalized spacial score (nSPS) is 11.1. The summed E-state index contributed by atoms with van der Waals surface area (Å²) < 4.78 is 12.7. The summed E-state index contributed by atoms with van der Waals surface area (Å²) in [7, 11) is 1.48. The Labute approximate surface area is 175 Å². The minimum absolute atomic E-state index is 0.252. The monoisotopic (exact) mass is 458 g/mol. The van der Waals surface area contributed by atoms with Gasteiger partial charge in [0.1, 0.15) is 5.82 Å². The van der Waals surface area contributed by atoms with E-state index in [0.717, 1.165) is 4.47 Å². The van der Waals surface area contributed by atoms with Crippen molar-refractivity contribution in [1.29, 1.82) is 0 Å². The molecule has 0 spiro atoms. The van der Waals surface area contributed by atoms with Crippen molar-refractivity contribution in [3.8, 4) is 11.5 Å². The van der Waals surface area contributed by atoms with E-state index in [9.17, 15) is 9.59 Å². The largest absolute Gasteiger partial charge is 0.493 e. The molecule has 0 unspecified atom stereocenters. The molecular weight excluding hydrogens is 440 g/mol. The van der Waals surface area contributed by atoms with Crippen LogP contribution in [0.1, 0.15) is 18.3 Å². The average molecular weight is 459 g/mol. The Morgan fingerprint density at radius 1 is 1.28 bits per heavy atom. The molecule has 0 fully saturated rings. The molecule has 3 aromatic rings. The van der Waals surface area contributed by atoms with Crippen LogP contribution in [-0.4, -0.2) is 35.5 Å². The van der Waals surface area contributed by atoms with Crippen LogP contribution >= 0.6 is 15.9 Å². The number of halogens is 1. The van der Waals surface area contributed by atoms with E-state index in [4.69, 9.17) is 15.2 Å². The highest BCUT2D eigenvalue weighted by molar-refractivity contribution is 9.10. The van der Waals surface area contributed by atoms with Crippen molar-refractivity contribution in [3.05, 3.63) is 62.6 Å². The highest BCUT2D eigenvalue weighted by Gasteiger charge is 2.10. The van der Waals surface area contributed by atoms with Crippen LogP contribution in [0, 0.1) is 0 Å². The molecule has 0 saturated carbocycles. The van der Waals surface area contributed by atoms with Gasteiger partial charge in [0, 0.05) is 10.9 Å². The third-order valence-corrected chi connectivity index (χ3v) is 4.56. The number of hydrogen-bond donors (Lipinski definition) is 1.